The Morgan fingerprint density at radius 1 is 1.33 bits per heavy atom. The number of hydrogen-bond donors (Lipinski definition) is 2. The maximum Gasteiger partial charge on any atom is 0.244 e. The van der Waals surface area contributed by atoms with Gasteiger partial charge in [0.25, 0.3) is 0 Å². The SMILES string of the molecule is CCNc1ccncc1S(=O)(=O)NC(C)C(C)C. The lowest BCUT2D eigenvalue weighted by Gasteiger charge is -2.18. The summed E-state index contributed by atoms with van der Waals surface area (Å²) in [7, 11) is -3.53. The van der Waals surface area contributed by atoms with E-state index in [0.717, 1.165) is 0 Å². The Labute approximate surface area is 109 Å². The highest BCUT2D eigenvalue weighted by molar-refractivity contribution is 7.89. The molecule has 5 nitrogen and oxygen atoms in total. The van der Waals surface area contributed by atoms with Crippen molar-refractivity contribution in [3.05, 3.63) is 18.5 Å². The lowest BCUT2D eigenvalue weighted by Crippen LogP contribution is -2.36. The largest absolute Gasteiger partial charge is 0.384 e. The summed E-state index contributed by atoms with van der Waals surface area (Å²) < 4.78 is 27.2. The topological polar surface area (TPSA) is 71.1 Å². The van der Waals surface area contributed by atoms with Crippen molar-refractivity contribution in [1.82, 2.24) is 9.71 Å². The molecule has 1 unspecified atom stereocenters. The number of nitrogens with zero attached hydrogens (tertiary/aromatic N) is 1. The Morgan fingerprint density at radius 3 is 2.56 bits per heavy atom. The van der Waals surface area contributed by atoms with E-state index in [1.54, 1.807) is 12.3 Å². The van der Waals surface area contributed by atoms with E-state index in [0.29, 0.717) is 12.2 Å². The van der Waals surface area contributed by atoms with Gasteiger partial charge in [0.2, 0.25) is 10.0 Å². The van der Waals surface area contributed by atoms with E-state index in [2.05, 4.69) is 15.0 Å². The molecule has 0 aliphatic heterocycles. The zero-order valence-electron chi connectivity index (χ0n) is 11.3. The van der Waals surface area contributed by atoms with Gasteiger partial charge in [-0.25, -0.2) is 13.1 Å². The van der Waals surface area contributed by atoms with Crippen LogP contribution in [-0.2, 0) is 10.0 Å². The molecule has 0 aromatic carbocycles. The van der Waals surface area contributed by atoms with Gasteiger partial charge in [-0.3, -0.25) is 4.98 Å². The highest BCUT2D eigenvalue weighted by Crippen LogP contribution is 2.20. The predicted octanol–water partition coefficient (Wildman–Crippen LogP) is 1.84. The van der Waals surface area contributed by atoms with E-state index in [9.17, 15) is 8.42 Å². The van der Waals surface area contributed by atoms with Crippen molar-refractivity contribution < 1.29 is 8.42 Å². The van der Waals surface area contributed by atoms with Crippen molar-refractivity contribution >= 4 is 15.7 Å². The van der Waals surface area contributed by atoms with Gasteiger partial charge in [0.1, 0.15) is 4.90 Å². The van der Waals surface area contributed by atoms with Crippen LogP contribution < -0.4 is 10.0 Å². The van der Waals surface area contributed by atoms with E-state index in [1.807, 2.05) is 27.7 Å². The van der Waals surface area contributed by atoms with E-state index < -0.39 is 10.0 Å². The number of pyridine rings is 1. The highest BCUT2D eigenvalue weighted by Gasteiger charge is 2.22. The fourth-order valence-electron chi connectivity index (χ4n) is 1.37. The molecule has 1 atom stereocenters. The van der Waals surface area contributed by atoms with Crippen LogP contribution >= 0.6 is 0 Å². The molecular weight excluding hydrogens is 250 g/mol. The third-order valence-electron chi connectivity index (χ3n) is 2.78. The minimum absolute atomic E-state index is 0.121. The van der Waals surface area contributed by atoms with E-state index >= 15 is 0 Å². The Hall–Kier alpha value is -1.14. The smallest absolute Gasteiger partial charge is 0.244 e. The number of aromatic nitrogens is 1. The summed E-state index contributed by atoms with van der Waals surface area (Å²) in [5, 5.41) is 3.03. The lowest BCUT2D eigenvalue weighted by atomic mass is 10.1. The fraction of sp³-hybridized carbons (Fsp3) is 0.583. The first kappa shape index (κ1) is 14.9. The molecule has 0 aliphatic carbocycles. The number of anilines is 1. The van der Waals surface area contributed by atoms with Crippen LogP contribution in [0.15, 0.2) is 23.4 Å². The van der Waals surface area contributed by atoms with E-state index in [1.165, 1.54) is 6.20 Å². The van der Waals surface area contributed by atoms with Crippen LogP contribution in [0, 0.1) is 5.92 Å². The highest BCUT2D eigenvalue weighted by atomic mass is 32.2. The molecule has 1 aromatic rings. The van der Waals surface area contributed by atoms with Gasteiger partial charge >= 0.3 is 0 Å². The van der Waals surface area contributed by atoms with Crippen molar-refractivity contribution in [2.24, 2.45) is 5.92 Å². The van der Waals surface area contributed by atoms with Crippen molar-refractivity contribution in [3.63, 3.8) is 0 Å². The Morgan fingerprint density at radius 2 is 2.00 bits per heavy atom. The van der Waals surface area contributed by atoms with Crippen LogP contribution in [0.4, 0.5) is 5.69 Å². The molecule has 2 N–H and O–H groups in total. The van der Waals surface area contributed by atoms with Crippen LogP contribution in [0.2, 0.25) is 0 Å². The first-order valence-electron chi connectivity index (χ1n) is 6.08. The average molecular weight is 271 g/mol. The number of rotatable bonds is 6. The molecule has 0 amide bonds. The molecule has 0 radical (unpaired) electrons. The second kappa shape index (κ2) is 6.15. The quantitative estimate of drug-likeness (QED) is 0.828. The normalized spacial score (nSPS) is 13.6. The summed E-state index contributed by atoms with van der Waals surface area (Å²) in [6.45, 7) is 8.38. The Balaban J connectivity index is 3.05. The fourth-order valence-corrected chi connectivity index (χ4v) is 2.89. The summed E-state index contributed by atoms with van der Waals surface area (Å²) in [4.78, 5) is 4.08. The van der Waals surface area contributed by atoms with Crippen LogP contribution in [-0.4, -0.2) is 26.0 Å². The standard InChI is InChI=1S/C12H21N3O2S/c1-5-14-11-6-7-13-8-12(11)18(16,17)15-10(4)9(2)3/h6-10,15H,5H2,1-4H3,(H,13,14). The summed E-state index contributed by atoms with van der Waals surface area (Å²) in [5.74, 6) is 0.235. The second-order valence-corrected chi connectivity index (χ2v) is 6.24. The molecule has 0 fully saturated rings. The maximum absolute atomic E-state index is 12.3. The molecule has 18 heavy (non-hydrogen) atoms. The van der Waals surface area contributed by atoms with Gasteiger partial charge in [0.05, 0.1) is 5.69 Å². The minimum Gasteiger partial charge on any atom is -0.384 e. The number of hydrogen-bond acceptors (Lipinski definition) is 4. The molecule has 1 aromatic heterocycles. The molecule has 0 saturated carbocycles. The predicted molar refractivity (Wildman–Crippen MR) is 73.0 cm³/mol. The summed E-state index contributed by atoms with van der Waals surface area (Å²) >= 11 is 0. The molecule has 1 heterocycles. The first-order chi connectivity index (χ1) is 8.38. The van der Waals surface area contributed by atoms with Gasteiger partial charge < -0.3 is 5.32 Å². The zero-order valence-corrected chi connectivity index (χ0v) is 12.1. The first-order valence-corrected chi connectivity index (χ1v) is 7.57. The number of sulfonamides is 1. The van der Waals surface area contributed by atoms with E-state index in [4.69, 9.17) is 0 Å². The van der Waals surface area contributed by atoms with Crippen molar-refractivity contribution in [3.8, 4) is 0 Å². The van der Waals surface area contributed by atoms with Gasteiger partial charge in [-0.2, -0.15) is 0 Å². The molecular formula is C12H21N3O2S. The van der Waals surface area contributed by atoms with Gasteiger partial charge in [0, 0.05) is 25.0 Å². The van der Waals surface area contributed by atoms with Crippen molar-refractivity contribution in [2.45, 2.75) is 38.6 Å². The Bertz CT molecular complexity index is 486. The van der Waals surface area contributed by atoms with E-state index in [-0.39, 0.29) is 16.9 Å². The summed E-state index contributed by atoms with van der Waals surface area (Å²) in [5.41, 5.74) is 0.580. The third-order valence-corrected chi connectivity index (χ3v) is 4.37. The molecule has 0 bridgehead atoms. The second-order valence-electron chi connectivity index (χ2n) is 4.56. The molecule has 0 saturated heterocycles. The average Bonchev–Trinajstić information content (AvgIpc) is 2.29. The van der Waals surface area contributed by atoms with Crippen LogP contribution in [0.3, 0.4) is 0 Å². The van der Waals surface area contributed by atoms with Gasteiger partial charge in [-0.15, -0.1) is 0 Å². The third kappa shape index (κ3) is 3.68. The van der Waals surface area contributed by atoms with Gasteiger partial charge in [-0.05, 0) is 25.8 Å². The van der Waals surface area contributed by atoms with Crippen molar-refractivity contribution in [2.75, 3.05) is 11.9 Å². The number of nitrogens with one attached hydrogen (secondary N) is 2. The van der Waals surface area contributed by atoms with Crippen LogP contribution in [0.1, 0.15) is 27.7 Å². The summed E-state index contributed by atoms with van der Waals surface area (Å²) in [6, 6.07) is 1.54. The molecule has 6 heteroatoms. The minimum atomic E-state index is -3.53. The lowest BCUT2D eigenvalue weighted by molar-refractivity contribution is 0.476. The monoisotopic (exact) mass is 271 g/mol. The van der Waals surface area contributed by atoms with Gasteiger partial charge in [-0.1, -0.05) is 13.8 Å². The zero-order chi connectivity index (χ0) is 13.8. The van der Waals surface area contributed by atoms with Crippen LogP contribution in [0.25, 0.3) is 0 Å². The Kier molecular flexibility index (Phi) is 5.10. The molecule has 1 rings (SSSR count). The van der Waals surface area contributed by atoms with Crippen molar-refractivity contribution in [1.29, 1.82) is 0 Å². The van der Waals surface area contributed by atoms with Crippen LogP contribution in [0.5, 0.6) is 0 Å². The summed E-state index contributed by atoms with van der Waals surface area (Å²) in [6.07, 6.45) is 2.94. The molecule has 102 valence electrons. The van der Waals surface area contributed by atoms with Gasteiger partial charge in [0.15, 0.2) is 0 Å². The molecule has 0 aliphatic rings. The molecule has 0 spiro atoms. The maximum atomic E-state index is 12.3.